The summed E-state index contributed by atoms with van der Waals surface area (Å²) in [6.07, 6.45) is 1.56. The number of rotatable bonds is 3. The Labute approximate surface area is 147 Å². The Morgan fingerprint density at radius 3 is 2.76 bits per heavy atom. The lowest BCUT2D eigenvalue weighted by atomic mass is 10.1. The highest BCUT2D eigenvalue weighted by Gasteiger charge is 2.24. The van der Waals surface area contributed by atoms with Crippen molar-refractivity contribution in [2.75, 3.05) is 18.4 Å². The molecule has 2 aromatic rings. The van der Waals surface area contributed by atoms with Crippen molar-refractivity contribution in [3.8, 4) is 11.8 Å². The molecule has 1 fully saturated rings. The Bertz CT molecular complexity index is 792. The number of nitrogens with zero attached hydrogens (tertiary/aromatic N) is 3. The second kappa shape index (κ2) is 7.67. The van der Waals surface area contributed by atoms with Crippen LogP contribution in [0.1, 0.15) is 24.1 Å². The van der Waals surface area contributed by atoms with Gasteiger partial charge in [0.2, 0.25) is 0 Å². The fourth-order valence-corrected chi connectivity index (χ4v) is 2.81. The number of anilines is 1. The highest BCUT2D eigenvalue weighted by molar-refractivity contribution is 5.88. The van der Waals surface area contributed by atoms with Crippen LogP contribution in [0.3, 0.4) is 0 Å². The largest absolute Gasteiger partial charge is 0.490 e. The minimum absolute atomic E-state index is 0.0510. The summed E-state index contributed by atoms with van der Waals surface area (Å²) in [5.41, 5.74) is 1.45. The minimum Gasteiger partial charge on any atom is -0.490 e. The van der Waals surface area contributed by atoms with Crippen molar-refractivity contribution >= 4 is 11.8 Å². The van der Waals surface area contributed by atoms with Crippen LogP contribution in [-0.4, -0.2) is 35.1 Å². The third-order valence-corrected chi connectivity index (χ3v) is 4.12. The first-order valence-electron chi connectivity index (χ1n) is 8.30. The van der Waals surface area contributed by atoms with Crippen molar-refractivity contribution in [2.45, 2.75) is 25.9 Å². The molecule has 0 aliphatic carbocycles. The second-order valence-corrected chi connectivity index (χ2v) is 6.04. The van der Waals surface area contributed by atoms with Crippen LogP contribution in [0.25, 0.3) is 0 Å². The summed E-state index contributed by atoms with van der Waals surface area (Å²) in [6, 6.07) is 14.7. The molecule has 1 aliphatic rings. The monoisotopic (exact) mass is 336 g/mol. The SMILES string of the molecule is Cc1cccc(NC(=O)N2CCC(Oc3cccc(C#N)c3)CC2)n1. The van der Waals surface area contributed by atoms with Crippen LogP contribution in [0, 0.1) is 18.3 Å². The van der Waals surface area contributed by atoms with Gasteiger partial charge in [-0.1, -0.05) is 12.1 Å². The average molecular weight is 336 g/mol. The van der Waals surface area contributed by atoms with Gasteiger partial charge in [0.25, 0.3) is 0 Å². The van der Waals surface area contributed by atoms with Crippen LogP contribution >= 0.6 is 0 Å². The second-order valence-electron chi connectivity index (χ2n) is 6.04. The van der Waals surface area contributed by atoms with Crippen LogP contribution in [0.5, 0.6) is 5.75 Å². The molecule has 0 unspecified atom stereocenters. The van der Waals surface area contributed by atoms with Gasteiger partial charge in [-0.05, 0) is 37.3 Å². The standard InChI is InChI=1S/C19H20N4O2/c1-14-4-2-7-18(21-14)22-19(24)23-10-8-16(9-11-23)25-17-6-3-5-15(12-17)13-20/h2-7,12,16H,8-11H2,1H3,(H,21,22,24). The van der Waals surface area contributed by atoms with Gasteiger partial charge in [0.05, 0.1) is 11.6 Å². The van der Waals surface area contributed by atoms with E-state index in [0.29, 0.717) is 30.2 Å². The van der Waals surface area contributed by atoms with Crippen LogP contribution in [0.15, 0.2) is 42.5 Å². The molecule has 0 saturated carbocycles. The van der Waals surface area contributed by atoms with Crippen molar-refractivity contribution in [3.05, 3.63) is 53.7 Å². The Morgan fingerprint density at radius 2 is 2.04 bits per heavy atom. The quantitative estimate of drug-likeness (QED) is 0.932. The Hall–Kier alpha value is -3.07. The molecule has 0 radical (unpaired) electrons. The molecule has 1 aromatic carbocycles. The van der Waals surface area contributed by atoms with Gasteiger partial charge >= 0.3 is 6.03 Å². The molecule has 6 heteroatoms. The van der Waals surface area contributed by atoms with Crippen molar-refractivity contribution in [1.29, 1.82) is 5.26 Å². The number of nitriles is 1. The van der Waals surface area contributed by atoms with E-state index in [9.17, 15) is 4.79 Å². The number of benzene rings is 1. The molecule has 1 aliphatic heterocycles. The molecule has 3 rings (SSSR count). The van der Waals surface area contributed by atoms with Gasteiger partial charge in [0.15, 0.2) is 0 Å². The number of amides is 2. The van der Waals surface area contributed by atoms with Crippen molar-refractivity contribution in [1.82, 2.24) is 9.88 Å². The zero-order valence-corrected chi connectivity index (χ0v) is 14.1. The van der Waals surface area contributed by atoms with Crippen LogP contribution in [-0.2, 0) is 0 Å². The van der Waals surface area contributed by atoms with E-state index in [4.69, 9.17) is 10.00 Å². The minimum atomic E-state index is -0.136. The normalized spacial score (nSPS) is 14.6. The van der Waals surface area contributed by atoms with Gasteiger partial charge in [-0.3, -0.25) is 5.32 Å². The summed E-state index contributed by atoms with van der Waals surface area (Å²) < 4.78 is 5.94. The zero-order valence-electron chi connectivity index (χ0n) is 14.1. The number of hydrogen-bond donors (Lipinski definition) is 1. The van der Waals surface area contributed by atoms with Gasteiger partial charge in [-0.2, -0.15) is 5.26 Å². The molecular formula is C19H20N4O2. The molecule has 0 bridgehead atoms. The van der Waals surface area contributed by atoms with Gasteiger partial charge in [-0.15, -0.1) is 0 Å². The number of piperidine rings is 1. The van der Waals surface area contributed by atoms with E-state index in [1.807, 2.05) is 31.2 Å². The highest BCUT2D eigenvalue weighted by Crippen LogP contribution is 2.20. The molecular weight excluding hydrogens is 316 g/mol. The predicted molar refractivity (Wildman–Crippen MR) is 94.4 cm³/mol. The van der Waals surface area contributed by atoms with Gasteiger partial charge in [0, 0.05) is 31.6 Å². The number of ether oxygens (including phenoxy) is 1. The van der Waals surface area contributed by atoms with Crippen molar-refractivity contribution in [3.63, 3.8) is 0 Å². The fourth-order valence-electron chi connectivity index (χ4n) is 2.81. The Kier molecular flexibility index (Phi) is 5.14. The van der Waals surface area contributed by atoms with Gasteiger partial charge in [-0.25, -0.2) is 9.78 Å². The Morgan fingerprint density at radius 1 is 1.28 bits per heavy atom. The molecule has 1 aromatic heterocycles. The van der Waals surface area contributed by atoms with E-state index < -0.39 is 0 Å². The Balaban J connectivity index is 1.51. The first-order valence-corrected chi connectivity index (χ1v) is 8.30. The van der Waals surface area contributed by atoms with Crippen LogP contribution < -0.4 is 10.1 Å². The number of nitrogens with one attached hydrogen (secondary N) is 1. The maximum absolute atomic E-state index is 12.3. The molecule has 1 N–H and O–H groups in total. The molecule has 1 saturated heterocycles. The number of likely N-dealkylation sites (tertiary alicyclic amines) is 1. The van der Waals surface area contributed by atoms with E-state index in [-0.39, 0.29) is 12.1 Å². The summed E-state index contributed by atoms with van der Waals surface area (Å²) in [5.74, 6) is 1.27. The first-order chi connectivity index (χ1) is 12.1. The number of aryl methyl sites for hydroxylation is 1. The number of hydrogen-bond acceptors (Lipinski definition) is 4. The predicted octanol–water partition coefficient (Wildman–Crippen LogP) is 3.34. The summed E-state index contributed by atoms with van der Waals surface area (Å²) >= 11 is 0. The molecule has 6 nitrogen and oxygen atoms in total. The van der Waals surface area contributed by atoms with Crippen LogP contribution in [0.2, 0.25) is 0 Å². The molecule has 25 heavy (non-hydrogen) atoms. The van der Waals surface area contributed by atoms with E-state index >= 15 is 0 Å². The van der Waals surface area contributed by atoms with Crippen molar-refractivity contribution < 1.29 is 9.53 Å². The topological polar surface area (TPSA) is 78.3 Å². The maximum atomic E-state index is 12.3. The van der Waals surface area contributed by atoms with E-state index in [2.05, 4.69) is 16.4 Å². The lowest BCUT2D eigenvalue weighted by molar-refractivity contribution is 0.115. The van der Waals surface area contributed by atoms with Gasteiger partial charge in [0.1, 0.15) is 17.7 Å². The first kappa shape index (κ1) is 16.8. The third-order valence-electron chi connectivity index (χ3n) is 4.12. The summed E-state index contributed by atoms with van der Waals surface area (Å²) in [6.45, 7) is 3.14. The maximum Gasteiger partial charge on any atom is 0.323 e. The van der Waals surface area contributed by atoms with Gasteiger partial charge < -0.3 is 9.64 Å². The smallest absolute Gasteiger partial charge is 0.323 e. The molecule has 0 atom stereocenters. The number of pyridine rings is 1. The summed E-state index contributed by atoms with van der Waals surface area (Å²) in [5, 5.41) is 11.8. The van der Waals surface area contributed by atoms with Crippen molar-refractivity contribution in [2.24, 2.45) is 0 Å². The van der Waals surface area contributed by atoms with E-state index in [1.165, 1.54) is 0 Å². The summed E-state index contributed by atoms with van der Waals surface area (Å²) in [7, 11) is 0. The number of urea groups is 1. The molecule has 128 valence electrons. The lowest BCUT2D eigenvalue weighted by Gasteiger charge is -2.32. The number of carbonyl (C=O) groups excluding carboxylic acids is 1. The third kappa shape index (κ3) is 4.48. The average Bonchev–Trinajstić information content (AvgIpc) is 2.62. The molecule has 2 heterocycles. The number of carbonyl (C=O) groups is 1. The molecule has 2 amide bonds. The number of aromatic nitrogens is 1. The summed E-state index contributed by atoms with van der Waals surface area (Å²) in [4.78, 5) is 18.4. The van der Waals surface area contributed by atoms with Crippen LogP contribution in [0.4, 0.5) is 10.6 Å². The highest BCUT2D eigenvalue weighted by atomic mass is 16.5. The molecule has 0 spiro atoms. The zero-order chi connectivity index (χ0) is 17.6. The lowest BCUT2D eigenvalue weighted by Crippen LogP contribution is -2.43. The van der Waals surface area contributed by atoms with E-state index in [0.717, 1.165) is 18.5 Å². The fraction of sp³-hybridized carbons (Fsp3) is 0.316. The van der Waals surface area contributed by atoms with E-state index in [1.54, 1.807) is 23.1 Å².